The van der Waals surface area contributed by atoms with Gasteiger partial charge in [-0.1, -0.05) is 47.5 Å². The maximum atomic E-state index is 13.8. The lowest BCUT2D eigenvalue weighted by atomic mass is 9.48. The van der Waals surface area contributed by atoms with Crippen LogP contribution in [0.5, 0.6) is 11.5 Å². The summed E-state index contributed by atoms with van der Waals surface area (Å²) in [6, 6.07) is 15.9. The Balaban J connectivity index is 1.16. The smallest absolute Gasteiger partial charge is 0.335 e. The number of anilines is 1. The van der Waals surface area contributed by atoms with Crippen LogP contribution in [0.25, 0.3) is 6.08 Å². The fourth-order valence-electron chi connectivity index (χ4n) is 8.77. The zero-order valence-electron chi connectivity index (χ0n) is 26.9. The van der Waals surface area contributed by atoms with Gasteiger partial charge in [-0.2, -0.15) is 0 Å². The summed E-state index contributed by atoms with van der Waals surface area (Å²) in [5, 5.41) is 3.24. The molecule has 0 unspecified atom stereocenters. The number of barbiturate groups is 1. The van der Waals surface area contributed by atoms with Crippen molar-refractivity contribution < 1.29 is 23.9 Å². The van der Waals surface area contributed by atoms with E-state index in [1.807, 2.05) is 31.2 Å². The quantitative estimate of drug-likeness (QED) is 0.131. The van der Waals surface area contributed by atoms with E-state index >= 15 is 0 Å². The molecule has 8 rings (SSSR count). The highest BCUT2D eigenvalue weighted by atomic mass is 35.5. The van der Waals surface area contributed by atoms with E-state index in [0.717, 1.165) is 33.8 Å². The van der Waals surface area contributed by atoms with E-state index in [2.05, 4.69) is 24.0 Å². The minimum absolute atomic E-state index is 0.156. The molecule has 248 valence electrons. The molecular formula is C39H38Cl2N2O5. The van der Waals surface area contributed by atoms with Gasteiger partial charge in [-0.25, -0.2) is 9.69 Å². The zero-order valence-corrected chi connectivity index (χ0v) is 28.4. The number of hydrogen-bond acceptors (Lipinski definition) is 5. The third-order valence-electron chi connectivity index (χ3n) is 10.4. The number of carbonyl (C=O) groups excluding carboxylic acids is 3. The fraction of sp³-hybridized carbons (Fsp3) is 0.359. The molecule has 4 saturated carbocycles. The Hall–Kier alpha value is -4.07. The molecular weight excluding hydrogens is 647 g/mol. The van der Waals surface area contributed by atoms with Gasteiger partial charge in [-0.3, -0.25) is 14.9 Å². The molecule has 1 N–H and O–H groups in total. The summed E-state index contributed by atoms with van der Waals surface area (Å²) in [5.74, 6) is 1.94. The molecule has 1 aliphatic heterocycles. The van der Waals surface area contributed by atoms with E-state index in [1.165, 1.54) is 50.2 Å². The number of ether oxygens (including phenoxy) is 2. The lowest BCUT2D eigenvalue weighted by Crippen LogP contribution is -2.54. The van der Waals surface area contributed by atoms with Gasteiger partial charge in [0.25, 0.3) is 11.8 Å². The Labute approximate surface area is 290 Å². The molecule has 5 aliphatic rings. The Morgan fingerprint density at radius 3 is 2.23 bits per heavy atom. The molecule has 1 saturated heterocycles. The first-order valence-corrected chi connectivity index (χ1v) is 17.4. The Bertz CT molecular complexity index is 1800. The van der Waals surface area contributed by atoms with Gasteiger partial charge in [0.2, 0.25) is 0 Å². The summed E-state index contributed by atoms with van der Waals surface area (Å²) in [4.78, 5) is 41.0. The summed E-state index contributed by atoms with van der Waals surface area (Å²) in [7, 11) is 0. The van der Waals surface area contributed by atoms with Crippen LogP contribution in [0.2, 0.25) is 10.0 Å². The molecule has 0 atom stereocenters. The minimum Gasteiger partial charge on any atom is -0.490 e. The van der Waals surface area contributed by atoms with Gasteiger partial charge in [0.05, 0.1) is 22.3 Å². The molecule has 3 aromatic rings. The van der Waals surface area contributed by atoms with Gasteiger partial charge in [0.1, 0.15) is 12.2 Å². The molecule has 4 aliphatic carbocycles. The number of imide groups is 2. The fourth-order valence-corrected chi connectivity index (χ4v) is 9.09. The van der Waals surface area contributed by atoms with Crippen LogP contribution in [0.4, 0.5) is 10.5 Å². The van der Waals surface area contributed by atoms with Crippen molar-refractivity contribution in [1.82, 2.24) is 5.32 Å². The van der Waals surface area contributed by atoms with E-state index in [0.29, 0.717) is 45.8 Å². The monoisotopic (exact) mass is 684 g/mol. The Kier molecular flexibility index (Phi) is 8.86. The summed E-state index contributed by atoms with van der Waals surface area (Å²) in [5.41, 5.74) is 3.88. The van der Waals surface area contributed by atoms with Crippen molar-refractivity contribution in [2.24, 2.45) is 17.8 Å². The molecule has 3 aromatic carbocycles. The predicted octanol–water partition coefficient (Wildman–Crippen LogP) is 8.83. The van der Waals surface area contributed by atoms with Crippen LogP contribution in [0, 0.1) is 17.8 Å². The summed E-state index contributed by atoms with van der Waals surface area (Å²) >= 11 is 12.3. The number of urea groups is 1. The van der Waals surface area contributed by atoms with Crippen LogP contribution in [0.3, 0.4) is 0 Å². The molecule has 1 heterocycles. The molecule has 4 amide bonds. The predicted molar refractivity (Wildman–Crippen MR) is 188 cm³/mol. The van der Waals surface area contributed by atoms with Crippen LogP contribution < -0.4 is 19.7 Å². The first kappa shape index (κ1) is 32.5. The third-order valence-corrected chi connectivity index (χ3v) is 11.1. The second-order valence-electron chi connectivity index (χ2n) is 13.7. The number of benzene rings is 3. The SMILES string of the molecule is C=CCc1cc(/C=C2\C(=O)NC(=O)N(c3ccc(C45CC6CC(CC(C6)C4)C5)cc3)C2=O)cc(OCC)c1OCc1ccc(Cl)c(Cl)c1. The zero-order chi connectivity index (χ0) is 33.6. The van der Waals surface area contributed by atoms with Crippen molar-refractivity contribution >= 4 is 52.8 Å². The van der Waals surface area contributed by atoms with Gasteiger partial charge >= 0.3 is 6.03 Å². The highest BCUT2D eigenvalue weighted by Crippen LogP contribution is 2.60. The number of allylic oxidation sites excluding steroid dienone is 1. The van der Waals surface area contributed by atoms with Crippen LogP contribution in [-0.2, 0) is 28.0 Å². The average Bonchev–Trinajstić information content (AvgIpc) is 3.04. The standard InChI is InChI=1S/C39H38Cl2N2O5/c1-3-5-28-15-24(18-34(47-4-2)35(28)48-22-23-6-11-32(40)33(41)17-23)16-31-36(44)42-38(46)43(37(31)45)30-9-7-29(8-10-30)39-19-25-12-26(20-39)14-27(13-25)21-39/h3,6-11,15-18,25-27H,1,4-5,12-14,19-22H2,2H3,(H,42,44,46)/b31-16+. The number of halogens is 2. The molecule has 48 heavy (non-hydrogen) atoms. The number of nitrogens with one attached hydrogen (secondary N) is 1. The highest BCUT2D eigenvalue weighted by Gasteiger charge is 2.51. The maximum Gasteiger partial charge on any atom is 0.335 e. The average molecular weight is 686 g/mol. The third kappa shape index (κ3) is 6.14. The van der Waals surface area contributed by atoms with Crippen LogP contribution in [0.15, 0.2) is 72.8 Å². The Morgan fingerprint density at radius 2 is 1.60 bits per heavy atom. The summed E-state index contributed by atoms with van der Waals surface area (Å²) in [6.45, 7) is 6.31. The van der Waals surface area contributed by atoms with E-state index in [4.69, 9.17) is 32.7 Å². The molecule has 5 fully saturated rings. The summed E-state index contributed by atoms with van der Waals surface area (Å²) < 4.78 is 12.2. The van der Waals surface area contributed by atoms with Gasteiger partial charge in [0, 0.05) is 5.56 Å². The van der Waals surface area contributed by atoms with Crippen LogP contribution in [-0.4, -0.2) is 24.5 Å². The van der Waals surface area contributed by atoms with Crippen molar-refractivity contribution in [1.29, 1.82) is 0 Å². The van der Waals surface area contributed by atoms with E-state index in [-0.39, 0.29) is 17.6 Å². The van der Waals surface area contributed by atoms with Crippen molar-refractivity contribution in [3.8, 4) is 11.5 Å². The highest BCUT2D eigenvalue weighted by molar-refractivity contribution is 6.42. The number of rotatable bonds is 10. The number of amides is 4. The lowest BCUT2D eigenvalue weighted by molar-refractivity contribution is -0.122. The van der Waals surface area contributed by atoms with E-state index in [1.54, 1.807) is 24.3 Å². The molecule has 4 bridgehead atoms. The normalized spacial score (nSPS) is 25.4. The molecule has 0 radical (unpaired) electrons. The van der Waals surface area contributed by atoms with Crippen molar-refractivity contribution in [2.75, 3.05) is 11.5 Å². The Morgan fingerprint density at radius 1 is 0.917 bits per heavy atom. The second kappa shape index (κ2) is 13.1. The van der Waals surface area contributed by atoms with Gasteiger partial charge in [-0.15, -0.1) is 6.58 Å². The van der Waals surface area contributed by atoms with E-state index < -0.39 is 17.8 Å². The van der Waals surface area contributed by atoms with E-state index in [9.17, 15) is 14.4 Å². The van der Waals surface area contributed by atoms with Crippen molar-refractivity contribution in [3.05, 3.63) is 105 Å². The van der Waals surface area contributed by atoms with Crippen LogP contribution >= 0.6 is 23.2 Å². The lowest BCUT2D eigenvalue weighted by Gasteiger charge is -2.57. The summed E-state index contributed by atoms with van der Waals surface area (Å²) in [6.07, 6.45) is 11.4. The molecule has 7 nitrogen and oxygen atoms in total. The van der Waals surface area contributed by atoms with Crippen molar-refractivity contribution in [2.45, 2.75) is 63.9 Å². The maximum absolute atomic E-state index is 13.8. The number of nitrogens with zero attached hydrogens (tertiary/aromatic N) is 1. The largest absolute Gasteiger partial charge is 0.490 e. The number of hydrogen-bond donors (Lipinski definition) is 1. The minimum atomic E-state index is -0.766. The second-order valence-corrected chi connectivity index (χ2v) is 14.5. The van der Waals surface area contributed by atoms with Gasteiger partial charge in [0.15, 0.2) is 11.5 Å². The van der Waals surface area contributed by atoms with Crippen LogP contribution in [0.1, 0.15) is 67.7 Å². The molecule has 9 heteroatoms. The first-order chi connectivity index (χ1) is 23.2. The van der Waals surface area contributed by atoms with Gasteiger partial charge in [-0.05, 0) is 134 Å². The topological polar surface area (TPSA) is 84.9 Å². The molecule has 0 aromatic heterocycles. The first-order valence-electron chi connectivity index (χ1n) is 16.7. The van der Waals surface area contributed by atoms with Gasteiger partial charge < -0.3 is 9.47 Å². The number of carbonyl (C=O) groups is 3. The van der Waals surface area contributed by atoms with Crippen molar-refractivity contribution in [3.63, 3.8) is 0 Å². The molecule has 0 spiro atoms.